The van der Waals surface area contributed by atoms with E-state index in [2.05, 4.69) is 10.3 Å². The lowest BCUT2D eigenvalue weighted by Crippen LogP contribution is -2.16. The number of aliphatic hydroxyl groups is 1. The molecule has 18 heavy (non-hydrogen) atoms. The smallest absolute Gasteiger partial charge is 0.335 e. The lowest BCUT2D eigenvalue weighted by Gasteiger charge is -2.10. The van der Waals surface area contributed by atoms with Gasteiger partial charge in [0.05, 0.1) is 11.7 Å². The van der Waals surface area contributed by atoms with Crippen LogP contribution in [-0.4, -0.2) is 33.8 Å². The Labute approximate surface area is 104 Å². The number of fused-ring (bicyclic) bond motifs is 1. The van der Waals surface area contributed by atoms with E-state index in [0.29, 0.717) is 12.4 Å². The van der Waals surface area contributed by atoms with Crippen LogP contribution in [0.4, 0.5) is 5.82 Å². The van der Waals surface area contributed by atoms with Crippen LogP contribution in [0.5, 0.6) is 0 Å². The number of rotatable bonds is 4. The molecule has 0 radical (unpaired) electrons. The van der Waals surface area contributed by atoms with Gasteiger partial charge in [-0.1, -0.05) is 0 Å². The summed E-state index contributed by atoms with van der Waals surface area (Å²) in [5.74, 6) is -0.308. The molecule has 1 aromatic heterocycles. The van der Waals surface area contributed by atoms with Crippen molar-refractivity contribution < 1.29 is 15.0 Å². The van der Waals surface area contributed by atoms with Crippen molar-refractivity contribution in [2.45, 2.75) is 13.0 Å². The average Bonchev–Trinajstić information content (AvgIpc) is 2.35. The molecular formula is C13H14N2O3. The molecule has 1 unspecified atom stereocenters. The molecule has 1 atom stereocenters. The minimum absolute atomic E-state index is 0.246. The third kappa shape index (κ3) is 2.57. The van der Waals surface area contributed by atoms with Gasteiger partial charge in [0.15, 0.2) is 0 Å². The van der Waals surface area contributed by atoms with E-state index in [1.54, 1.807) is 37.4 Å². The number of pyridine rings is 1. The lowest BCUT2D eigenvalue weighted by molar-refractivity contribution is 0.0697. The number of carboxylic acids is 1. The highest BCUT2D eigenvalue weighted by atomic mass is 16.4. The number of hydrogen-bond acceptors (Lipinski definition) is 4. The summed E-state index contributed by atoms with van der Waals surface area (Å²) >= 11 is 0. The number of aromatic carboxylic acids is 1. The normalized spacial score (nSPS) is 12.3. The molecule has 5 nitrogen and oxygen atoms in total. The third-order valence-corrected chi connectivity index (χ3v) is 2.58. The van der Waals surface area contributed by atoms with Crippen LogP contribution < -0.4 is 5.32 Å². The highest BCUT2D eigenvalue weighted by Crippen LogP contribution is 2.22. The van der Waals surface area contributed by atoms with Crippen LogP contribution >= 0.6 is 0 Å². The number of carbonyl (C=O) groups is 1. The van der Waals surface area contributed by atoms with Gasteiger partial charge in [-0.2, -0.15) is 0 Å². The molecule has 0 fully saturated rings. The van der Waals surface area contributed by atoms with Crippen molar-refractivity contribution >= 4 is 22.6 Å². The second-order valence-corrected chi connectivity index (χ2v) is 4.13. The van der Waals surface area contributed by atoms with Crippen molar-refractivity contribution in [1.29, 1.82) is 0 Å². The number of aromatic nitrogens is 1. The van der Waals surface area contributed by atoms with E-state index in [0.717, 1.165) is 10.8 Å². The van der Waals surface area contributed by atoms with Crippen molar-refractivity contribution in [3.63, 3.8) is 0 Å². The molecule has 1 aromatic carbocycles. The molecule has 0 amide bonds. The van der Waals surface area contributed by atoms with Crippen molar-refractivity contribution in [1.82, 2.24) is 4.98 Å². The number of carboxylic acid groups (broad SMARTS) is 1. The quantitative estimate of drug-likeness (QED) is 0.765. The van der Waals surface area contributed by atoms with E-state index in [1.165, 1.54) is 0 Å². The molecule has 0 saturated carbocycles. The van der Waals surface area contributed by atoms with E-state index >= 15 is 0 Å². The Morgan fingerprint density at radius 1 is 1.44 bits per heavy atom. The lowest BCUT2D eigenvalue weighted by atomic mass is 10.1. The number of benzene rings is 1. The summed E-state index contributed by atoms with van der Waals surface area (Å²) in [6.07, 6.45) is 1.14. The van der Waals surface area contributed by atoms with Gasteiger partial charge in [-0.05, 0) is 36.6 Å². The Balaban J connectivity index is 2.40. The largest absolute Gasteiger partial charge is 0.478 e. The standard InChI is InChI=1S/C13H14N2O3/c1-8(16)7-15-12-11-3-2-10(13(17)18)6-9(11)4-5-14-12/h2-6,8,16H,7H2,1H3,(H,14,15)(H,17,18). The van der Waals surface area contributed by atoms with Gasteiger partial charge >= 0.3 is 5.97 Å². The topological polar surface area (TPSA) is 82.5 Å². The fraction of sp³-hybridized carbons (Fsp3) is 0.231. The van der Waals surface area contributed by atoms with E-state index in [-0.39, 0.29) is 5.56 Å². The van der Waals surface area contributed by atoms with Gasteiger partial charge in [0, 0.05) is 18.1 Å². The number of anilines is 1. The Morgan fingerprint density at radius 2 is 2.22 bits per heavy atom. The van der Waals surface area contributed by atoms with Gasteiger partial charge in [-0.15, -0.1) is 0 Å². The third-order valence-electron chi connectivity index (χ3n) is 2.58. The number of aliphatic hydroxyl groups excluding tert-OH is 1. The summed E-state index contributed by atoms with van der Waals surface area (Å²) in [5, 5.41) is 22.8. The van der Waals surface area contributed by atoms with Crippen LogP contribution in [0.3, 0.4) is 0 Å². The second-order valence-electron chi connectivity index (χ2n) is 4.13. The van der Waals surface area contributed by atoms with Gasteiger partial charge in [0.1, 0.15) is 5.82 Å². The Hall–Kier alpha value is -2.14. The first kappa shape index (κ1) is 12.3. The Morgan fingerprint density at radius 3 is 2.89 bits per heavy atom. The second kappa shape index (κ2) is 5.01. The van der Waals surface area contributed by atoms with Crippen LogP contribution in [-0.2, 0) is 0 Å². The van der Waals surface area contributed by atoms with Gasteiger partial charge < -0.3 is 15.5 Å². The van der Waals surface area contributed by atoms with Crippen LogP contribution in [0.1, 0.15) is 17.3 Å². The summed E-state index contributed by atoms with van der Waals surface area (Å²) in [4.78, 5) is 15.1. The van der Waals surface area contributed by atoms with Crippen LogP contribution in [0.25, 0.3) is 10.8 Å². The Bertz CT molecular complexity index is 581. The first-order valence-corrected chi connectivity index (χ1v) is 5.62. The zero-order valence-corrected chi connectivity index (χ0v) is 9.92. The molecule has 1 heterocycles. The summed E-state index contributed by atoms with van der Waals surface area (Å²) in [7, 11) is 0. The maximum atomic E-state index is 10.9. The molecule has 94 valence electrons. The minimum atomic E-state index is -0.952. The molecule has 3 N–H and O–H groups in total. The monoisotopic (exact) mass is 246 g/mol. The summed E-state index contributed by atoms with van der Waals surface area (Å²) in [6, 6.07) is 6.62. The summed E-state index contributed by atoms with van der Waals surface area (Å²) in [5.41, 5.74) is 0.246. The van der Waals surface area contributed by atoms with Crippen molar-refractivity contribution in [3.05, 3.63) is 36.0 Å². The maximum absolute atomic E-state index is 10.9. The minimum Gasteiger partial charge on any atom is -0.478 e. The van der Waals surface area contributed by atoms with E-state index in [9.17, 15) is 9.90 Å². The van der Waals surface area contributed by atoms with Crippen molar-refractivity contribution in [3.8, 4) is 0 Å². The average molecular weight is 246 g/mol. The molecular weight excluding hydrogens is 232 g/mol. The predicted molar refractivity (Wildman–Crippen MR) is 68.9 cm³/mol. The zero-order valence-electron chi connectivity index (χ0n) is 9.92. The fourth-order valence-corrected chi connectivity index (χ4v) is 1.70. The molecule has 2 aromatic rings. The molecule has 0 spiro atoms. The van der Waals surface area contributed by atoms with Gasteiger partial charge in [0.2, 0.25) is 0 Å². The number of nitrogens with one attached hydrogen (secondary N) is 1. The molecule has 0 aliphatic carbocycles. The zero-order chi connectivity index (χ0) is 13.1. The molecule has 0 bridgehead atoms. The summed E-state index contributed by atoms with van der Waals surface area (Å²) in [6.45, 7) is 2.08. The van der Waals surface area contributed by atoms with Crippen LogP contribution in [0.15, 0.2) is 30.5 Å². The summed E-state index contributed by atoms with van der Waals surface area (Å²) < 4.78 is 0. The predicted octanol–water partition coefficient (Wildman–Crippen LogP) is 1.73. The van der Waals surface area contributed by atoms with E-state index < -0.39 is 12.1 Å². The molecule has 0 saturated heterocycles. The highest BCUT2D eigenvalue weighted by molar-refractivity contribution is 5.98. The molecule has 0 aliphatic heterocycles. The molecule has 2 rings (SSSR count). The van der Waals surface area contributed by atoms with Gasteiger partial charge in [-0.25, -0.2) is 9.78 Å². The molecule has 0 aliphatic rings. The van der Waals surface area contributed by atoms with Gasteiger partial charge in [0.25, 0.3) is 0 Å². The Kier molecular flexibility index (Phi) is 3.43. The highest BCUT2D eigenvalue weighted by Gasteiger charge is 2.07. The first-order valence-electron chi connectivity index (χ1n) is 5.62. The van der Waals surface area contributed by atoms with Crippen LogP contribution in [0, 0.1) is 0 Å². The molecule has 5 heteroatoms. The van der Waals surface area contributed by atoms with E-state index in [4.69, 9.17) is 5.11 Å². The van der Waals surface area contributed by atoms with Crippen molar-refractivity contribution in [2.75, 3.05) is 11.9 Å². The maximum Gasteiger partial charge on any atom is 0.335 e. The van der Waals surface area contributed by atoms with Crippen LogP contribution in [0.2, 0.25) is 0 Å². The van der Waals surface area contributed by atoms with E-state index in [1.807, 2.05) is 0 Å². The number of nitrogens with zero attached hydrogens (tertiary/aromatic N) is 1. The fourth-order valence-electron chi connectivity index (χ4n) is 1.70. The number of hydrogen-bond donors (Lipinski definition) is 3. The first-order chi connectivity index (χ1) is 8.58. The van der Waals surface area contributed by atoms with Crippen molar-refractivity contribution in [2.24, 2.45) is 0 Å². The SMILES string of the molecule is CC(O)CNc1nccc2cc(C(=O)O)ccc12. The van der Waals surface area contributed by atoms with Gasteiger partial charge in [-0.3, -0.25) is 0 Å².